The van der Waals surface area contributed by atoms with Gasteiger partial charge in [0.05, 0.1) is 18.9 Å². The number of alkyl halides is 3. The van der Waals surface area contributed by atoms with Gasteiger partial charge < -0.3 is 19.2 Å². The fourth-order valence-corrected chi connectivity index (χ4v) is 4.10. The molecule has 1 atom stereocenters. The molecule has 166 valence electrons. The number of nitrogens with zero attached hydrogens (tertiary/aromatic N) is 5. The minimum Gasteiger partial charge on any atom is -0.443 e. The first-order valence-electron chi connectivity index (χ1n) is 9.90. The Morgan fingerprint density at radius 1 is 1.16 bits per heavy atom. The zero-order chi connectivity index (χ0) is 21.6. The number of fused-ring (bicyclic) bond motifs is 1. The molecule has 1 N–H and O–H groups in total. The Kier molecular flexibility index (Phi) is 5.07. The minimum absolute atomic E-state index is 0.165. The molecule has 0 spiro atoms. The minimum atomic E-state index is -4.86. The van der Waals surface area contributed by atoms with Crippen LogP contribution in [-0.4, -0.2) is 77.4 Å². The SMILES string of the molecule is OC(c1ncoc1-c1cc(N2CC(CN3CCOCC3)C2)c2nonc2c1)C(F)(F)F. The van der Waals surface area contributed by atoms with Crippen molar-refractivity contribution in [2.24, 2.45) is 5.92 Å². The van der Waals surface area contributed by atoms with Crippen LogP contribution in [-0.2, 0) is 4.74 Å². The van der Waals surface area contributed by atoms with Crippen molar-refractivity contribution in [3.63, 3.8) is 0 Å². The summed E-state index contributed by atoms with van der Waals surface area (Å²) in [5, 5.41) is 17.5. The lowest BCUT2D eigenvalue weighted by Crippen LogP contribution is -2.53. The van der Waals surface area contributed by atoms with Crippen molar-refractivity contribution < 1.29 is 32.1 Å². The number of aliphatic hydroxyl groups is 1. The number of hydrogen-bond donors (Lipinski definition) is 1. The summed E-state index contributed by atoms with van der Waals surface area (Å²) in [4.78, 5) is 8.04. The Balaban J connectivity index is 1.40. The highest BCUT2D eigenvalue weighted by Crippen LogP contribution is 2.40. The number of aliphatic hydroxyl groups excluding tert-OH is 1. The Morgan fingerprint density at radius 3 is 2.68 bits per heavy atom. The first kappa shape index (κ1) is 20.2. The predicted octanol–water partition coefficient (Wildman–Crippen LogP) is 2.24. The lowest BCUT2D eigenvalue weighted by atomic mass is 9.96. The smallest absolute Gasteiger partial charge is 0.420 e. The van der Waals surface area contributed by atoms with Gasteiger partial charge in [0, 0.05) is 44.2 Å². The van der Waals surface area contributed by atoms with E-state index in [9.17, 15) is 18.3 Å². The molecule has 0 bridgehead atoms. The van der Waals surface area contributed by atoms with Crippen molar-refractivity contribution in [3.8, 4) is 11.3 Å². The summed E-state index contributed by atoms with van der Waals surface area (Å²) >= 11 is 0. The molecule has 0 aliphatic carbocycles. The number of ether oxygens (including phenoxy) is 1. The van der Waals surface area contributed by atoms with Crippen molar-refractivity contribution in [1.82, 2.24) is 20.2 Å². The first-order valence-corrected chi connectivity index (χ1v) is 9.90. The van der Waals surface area contributed by atoms with Gasteiger partial charge in [-0.15, -0.1) is 0 Å². The van der Waals surface area contributed by atoms with E-state index in [4.69, 9.17) is 13.8 Å². The number of aromatic nitrogens is 3. The maximum absolute atomic E-state index is 13.0. The summed E-state index contributed by atoms with van der Waals surface area (Å²) in [6, 6.07) is 3.18. The van der Waals surface area contributed by atoms with Gasteiger partial charge in [0.25, 0.3) is 0 Å². The topological polar surface area (TPSA) is 101 Å². The number of oxazole rings is 1. The Labute approximate surface area is 174 Å². The number of morpholine rings is 1. The van der Waals surface area contributed by atoms with Crippen LogP contribution in [0.1, 0.15) is 11.8 Å². The van der Waals surface area contributed by atoms with Gasteiger partial charge in [-0.05, 0) is 22.4 Å². The van der Waals surface area contributed by atoms with Crippen LogP contribution in [0.15, 0.2) is 27.6 Å². The van der Waals surface area contributed by atoms with Crippen LogP contribution in [0.25, 0.3) is 22.4 Å². The van der Waals surface area contributed by atoms with Gasteiger partial charge in [-0.25, -0.2) is 9.61 Å². The third-order valence-corrected chi connectivity index (χ3v) is 5.69. The summed E-state index contributed by atoms with van der Waals surface area (Å²) in [5.41, 5.74) is 1.31. The molecule has 2 aliphatic heterocycles. The molecule has 3 aromatic rings. The quantitative estimate of drug-likeness (QED) is 0.641. The number of rotatable bonds is 5. The van der Waals surface area contributed by atoms with Crippen molar-refractivity contribution >= 4 is 16.7 Å². The highest BCUT2D eigenvalue weighted by Gasteiger charge is 2.43. The molecule has 9 nitrogen and oxygen atoms in total. The van der Waals surface area contributed by atoms with Crippen LogP contribution in [0, 0.1) is 5.92 Å². The average Bonchev–Trinajstić information content (AvgIpc) is 3.38. The Hall–Kier alpha value is -2.70. The van der Waals surface area contributed by atoms with Crippen LogP contribution in [0.4, 0.5) is 18.9 Å². The van der Waals surface area contributed by atoms with Gasteiger partial charge in [0.15, 0.2) is 23.8 Å². The van der Waals surface area contributed by atoms with E-state index >= 15 is 0 Å². The van der Waals surface area contributed by atoms with Crippen molar-refractivity contribution in [1.29, 1.82) is 0 Å². The second-order valence-electron chi connectivity index (χ2n) is 7.82. The molecule has 4 heterocycles. The van der Waals surface area contributed by atoms with Crippen LogP contribution < -0.4 is 4.90 Å². The molecule has 2 fully saturated rings. The van der Waals surface area contributed by atoms with Gasteiger partial charge in [-0.1, -0.05) is 0 Å². The van der Waals surface area contributed by atoms with E-state index in [1.807, 2.05) is 0 Å². The standard InChI is InChI=1S/C19H20F3N5O4/c20-19(21,22)18(28)16-17(30-10-23-16)12-5-13-15(25-31-24-13)14(6-12)27-8-11(9-27)7-26-1-3-29-4-2-26/h5-6,10-11,18,28H,1-4,7-9H2. The average molecular weight is 439 g/mol. The lowest BCUT2D eigenvalue weighted by Gasteiger charge is -2.43. The fraction of sp³-hybridized carbons (Fsp3) is 0.526. The molecule has 31 heavy (non-hydrogen) atoms. The summed E-state index contributed by atoms with van der Waals surface area (Å²) in [5.74, 6) is 0.297. The van der Waals surface area contributed by atoms with E-state index < -0.39 is 18.0 Å². The second kappa shape index (κ2) is 7.77. The molecule has 0 saturated carbocycles. The summed E-state index contributed by atoms with van der Waals surface area (Å²) in [7, 11) is 0. The normalized spacial score (nSPS) is 19.7. The molecular weight excluding hydrogens is 419 g/mol. The van der Waals surface area contributed by atoms with E-state index in [1.54, 1.807) is 6.07 Å². The molecule has 0 radical (unpaired) electrons. The van der Waals surface area contributed by atoms with Gasteiger partial charge >= 0.3 is 6.18 Å². The lowest BCUT2D eigenvalue weighted by molar-refractivity contribution is -0.207. The van der Waals surface area contributed by atoms with Gasteiger partial charge in [-0.3, -0.25) is 4.90 Å². The van der Waals surface area contributed by atoms with E-state index in [2.05, 4.69) is 25.1 Å². The van der Waals surface area contributed by atoms with Gasteiger partial charge in [-0.2, -0.15) is 13.2 Å². The molecule has 2 aliphatic rings. The molecule has 5 rings (SSSR count). The molecular formula is C19H20F3N5O4. The monoisotopic (exact) mass is 439 g/mol. The van der Waals surface area contributed by atoms with Crippen molar-refractivity contribution in [2.75, 3.05) is 50.8 Å². The number of anilines is 1. The summed E-state index contributed by atoms with van der Waals surface area (Å²) in [6.07, 6.45) is -6.73. The fourth-order valence-electron chi connectivity index (χ4n) is 4.10. The number of benzene rings is 1. The Morgan fingerprint density at radius 2 is 1.94 bits per heavy atom. The van der Waals surface area contributed by atoms with E-state index in [0.717, 1.165) is 52.3 Å². The molecule has 0 amide bonds. The van der Waals surface area contributed by atoms with Crippen LogP contribution in [0.3, 0.4) is 0 Å². The number of halogens is 3. The van der Waals surface area contributed by atoms with E-state index in [1.165, 1.54) is 6.07 Å². The van der Waals surface area contributed by atoms with Crippen LogP contribution in [0.5, 0.6) is 0 Å². The molecule has 2 aromatic heterocycles. The maximum Gasteiger partial charge on any atom is 0.420 e. The second-order valence-corrected chi connectivity index (χ2v) is 7.82. The third kappa shape index (κ3) is 3.86. The van der Waals surface area contributed by atoms with Crippen LogP contribution in [0.2, 0.25) is 0 Å². The third-order valence-electron chi connectivity index (χ3n) is 5.69. The summed E-state index contributed by atoms with van der Waals surface area (Å²) in [6.45, 7) is 5.83. The predicted molar refractivity (Wildman–Crippen MR) is 101 cm³/mol. The summed E-state index contributed by atoms with van der Waals surface area (Å²) < 4.78 is 54.5. The van der Waals surface area contributed by atoms with E-state index in [-0.39, 0.29) is 5.76 Å². The number of hydrogen-bond acceptors (Lipinski definition) is 9. The molecule has 2 saturated heterocycles. The zero-order valence-electron chi connectivity index (χ0n) is 16.4. The van der Waals surface area contributed by atoms with Crippen molar-refractivity contribution in [3.05, 3.63) is 24.2 Å². The van der Waals surface area contributed by atoms with E-state index in [0.29, 0.717) is 28.2 Å². The van der Waals surface area contributed by atoms with Gasteiger partial charge in [0.2, 0.25) is 0 Å². The largest absolute Gasteiger partial charge is 0.443 e. The first-order chi connectivity index (χ1) is 14.9. The van der Waals surface area contributed by atoms with Crippen LogP contribution >= 0.6 is 0 Å². The zero-order valence-corrected chi connectivity index (χ0v) is 16.4. The van der Waals surface area contributed by atoms with Crippen molar-refractivity contribution in [2.45, 2.75) is 12.3 Å². The highest BCUT2D eigenvalue weighted by molar-refractivity contribution is 5.92. The highest BCUT2D eigenvalue weighted by atomic mass is 19.4. The molecule has 1 unspecified atom stereocenters. The molecule has 12 heteroatoms. The Bertz CT molecular complexity index is 1060. The molecule has 1 aromatic carbocycles. The maximum atomic E-state index is 13.0. The van der Waals surface area contributed by atoms with Gasteiger partial charge in [0.1, 0.15) is 11.2 Å².